The summed E-state index contributed by atoms with van der Waals surface area (Å²) in [6.45, 7) is 3.58. The quantitative estimate of drug-likeness (QED) is 0.441. The SMILES string of the molecule is CC#CCOC(O)C#CC. The third-order valence-corrected chi connectivity index (χ3v) is 0.758. The van der Waals surface area contributed by atoms with E-state index >= 15 is 0 Å². The average molecular weight is 138 g/mol. The molecule has 0 saturated carbocycles. The van der Waals surface area contributed by atoms with Crippen molar-refractivity contribution in [2.24, 2.45) is 0 Å². The summed E-state index contributed by atoms with van der Waals surface area (Å²) in [5.41, 5.74) is 0. The third-order valence-electron chi connectivity index (χ3n) is 0.758. The minimum atomic E-state index is -0.995. The smallest absolute Gasteiger partial charge is 0.220 e. The van der Waals surface area contributed by atoms with Crippen molar-refractivity contribution >= 4 is 0 Å². The molecule has 1 N–H and O–H groups in total. The summed E-state index contributed by atoms with van der Waals surface area (Å²) < 4.78 is 4.73. The van der Waals surface area contributed by atoms with E-state index in [0.29, 0.717) is 0 Å². The molecule has 2 heteroatoms. The van der Waals surface area contributed by atoms with Crippen LogP contribution in [0.15, 0.2) is 0 Å². The molecule has 0 heterocycles. The highest BCUT2D eigenvalue weighted by Gasteiger charge is 1.93. The van der Waals surface area contributed by atoms with Gasteiger partial charge < -0.3 is 9.84 Å². The van der Waals surface area contributed by atoms with Gasteiger partial charge in [0, 0.05) is 0 Å². The van der Waals surface area contributed by atoms with Crippen LogP contribution in [0.4, 0.5) is 0 Å². The van der Waals surface area contributed by atoms with E-state index < -0.39 is 6.29 Å². The Morgan fingerprint density at radius 2 is 2.10 bits per heavy atom. The molecule has 0 aromatic rings. The molecule has 0 aliphatic rings. The Labute approximate surface area is 61.2 Å². The number of ether oxygens (including phenoxy) is 1. The van der Waals surface area contributed by atoms with Crippen molar-refractivity contribution in [3.05, 3.63) is 0 Å². The van der Waals surface area contributed by atoms with Gasteiger partial charge in [-0.3, -0.25) is 0 Å². The van der Waals surface area contributed by atoms with E-state index in [1.807, 2.05) is 0 Å². The maximum absolute atomic E-state index is 8.81. The van der Waals surface area contributed by atoms with Crippen LogP contribution in [0.2, 0.25) is 0 Å². The highest BCUT2D eigenvalue weighted by Crippen LogP contribution is 1.81. The predicted octanol–water partition coefficient (Wildman–Crippen LogP) is 0.368. The number of hydrogen-bond acceptors (Lipinski definition) is 2. The molecule has 0 rings (SSSR count). The van der Waals surface area contributed by atoms with Crippen LogP contribution in [0.3, 0.4) is 0 Å². The number of rotatable bonds is 2. The second kappa shape index (κ2) is 6.16. The van der Waals surface area contributed by atoms with Gasteiger partial charge in [-0.1, -0.05) is 5.92 Å². The average Bonchev–Trinajstić information content (AvgIpc) is 1.89. The molecule has 0 aliphatic carbocycles. The molecular formula is C8H10O2. The molecule has 0 bridgehead atoms. The van der Waals surface area contributed by atoms with Crippen molar-refractivity contribution in [3.63, 3.8) is 0 Å². The van der Waals surface area contributed by atoms with Crippen molar-refractivity contribution in [2.75, 3.05) is 6.61 Å². The topological polar surface area (TPSA) is 29.5 Å². The van der Waals surface area contributed by atoms with Crippen LogP contribution < -0.4 is 0 Å². The molecule has 54 valence electrons. The molecule has 0 amide bonds. The Balaban J connectivity index is 3.42. The van der Waals surface area contributed by atoms with Crippen molar-refractivity contribution in [2.45, 2.75) is 20.1 Å². The van der Waals surface area contributed by atoms with Gasteiger partial charge in [0.1, 0.15) is 6.61 Å². The van der Waals surface area contributed by atoms with E-state index in [2.05, 4.69) is 23.7 Å². The zero-order valence-electron chi connectivity index (χ0n) is 6.14. The van der Waals surface area contributed by atoms with Crippen LogP contribution in [0.25, 0.3) is 0 Å². The first kappa shape index (κ1) is 9.04. The van der Waals surface area contributed by atoms with Gasteiger partial charge in [0.25, 0.3) is 0 Å². The largest absolute Gasteiger partial charge is 0.358 e. The van der Waals surface area contributed by atoms with E-state index in [4.69, 9.17) is 9.84 Å². The lowest BCUT2D eigenvalue weighted by atomic mass is 10.6. The second-order valence-corrected chi connectivity index (χ2v) is 1.48. The first-order chi connectivity index (χ1) is 4.81. The van der Waals surface area contributed by atoms with E-state index in [1.165, 1.54) is 0 Å². The van der Waals surface area contributed by atoms with Gasteiger partial charge in [-0.2, -0.15) is 0 Å². The Bertz CT molecular complexity index is 187. The predicted molar refractivity (Wildman–Crippen MR) is 38.9 cm³/mol. The van der Waals surface area contributed by atoms with E-state index in [1.54, 1.807) is 13.8 Å². The molecule has 2 nitrogen and oxygen atoms in total. The molecule has 0 saturated heterocycles. The number of aliphatic hydroxyl groups is 1. The van der Waals surface area contributed by atoms with E-state index in [-0.39, 0.29) is 6.61 Å². The Morgan fingerprint density at radius 1 is 1.40 bits per heavy atom. The van der Waals surface area contributed by atoms with Crippen molar-refractivity contribution in [3.8, 4) is 23.7 Å². The summed E-state index contributed by atoms with van der Waals surface area (Å²) in [6.07, 6.45) is -0.995. The fraction of sp³-hybridized carbons (Fsp3) is 0.500. The van der Waals surface area contributed by atoms with Gasteiger partial charge in [-0.05, 0) is 19.8 Å². The molecule has 0 aromatic carbocycles. The second-order valence-electron chi connectivity index (χ2n) is 1.48. The van der Waals surface area contributed by atoms with Gasteiger partial charge in [0.15, 0.2) is 0 Å². The standard InChI is InChI=1S/C8H10O2/c1-3-5-7-10-8(9)6-4-2/h8-9H,7H2,1-2H3. The molecular weight excluding hydrogens is 128 g/mol. The minimum Gasteiger partial charge on any atom is -0.358 e. The van der Waals surface area contributed by atoms with Gasteiger partial charge >= 0.3 is 0 Å². The minimum absolute atomic E-state index is 0.229. The van der Waals surface area contributed by atoms with Crippen LogP contribution >= 0.6 is 0 Å². The summed E-state index contributed by atoms with van der Waals surface area (Å²) in [4.78, 5) is 0. The van der Waals surface area contributed by atoms with Crippen LogP contribution in [-0.4, -0.2) is 18.0 Å². The molecule has 0 spiro atoms. The van der Waals surface area contributed by atoms with Gasteiger partial charge in [0.2, 0.25) is 6.29 Å². The molecule has 0 aromatic heterocycles. The molecule has 1 atom stereocenters. The fourth-order valence-corrected chi connectivity index (χ4v) is 0.358. The Morgan fingerprint density at radius 3 is 2.60 bits per heavy atom. The lowest BCUT2D eigenvalue weighted by Gasteiger charge is -1.99. The van der Waals surface area contributed by atoms with Gasteiger partial charge in [0.05, 0.1) is 0 Å². The summed E-state index contributed by atoms with van der Waals surface area (Å²) in [7, 11) is 0. The van der Waals surface area contributed by atoms with Crippen LogP contribution in [0.5, 0.6) is 0 Å². The zero-order valence-corrected chi connectivity index (χ0v) is 6.14. The Hall–Kier alpha value is -0.960. The summed E-state index contributed by atoms with van der Waals surface area (Å²) in [5, 5.41) is 8.81. The van der Waals surface area contributed by atoms with Crippen molar-refractivity contribution < 1.29 is 9.84 Å². The fourth-order valence-electron chi connectivity index (χ4n) is 0.358. The van der Waals surface area contributed by atoms with Crippen molar-refractivity contribution in [1.29, 1.82) is 0 Å². The summed E-state index contributed by atoms with van der Waals surface area (Å²) >= 11 is 0. The number of aliphatic hydroxyl groups excluding tert-OH is 1. The number of hydrogen-bond donors (Lipinski definition) is 1. The molecule has 10 heavy (non-hydrogen) atoms. The van der Waals surface area contributed by atoms with Gasteiger partial charge in [-0.25, -0.2) is 0 Å². The zero-order chi connectivity index (χ0) is 7.82. The third kappa shape index (κ3) is 5.18. The molecule has 0 aliphatic heterocycles. The van der Waals surface area contributed by atoms with E-state index in [9.17, 15) is 0 Å². The van der Waals surface area contributed by atoms with Crippen molar-refractivity contribution in [1.82, 2.24) is 0 Å². The highest BCUT2D eigenvalue weighted by molar-refractivity contribution is 5.00. The first-order valence-electron chi connectivity index (χ1n) is 2.92. The maximum atomic E-state index is 8.81. The highest BCUT2D eigenvalue weighted by atomic mass is 16.6. The lowest BCUT2D eigenvalue weighted by Crippen LogP contribution is -2.08. The van der Waals surface area contributed by atoms with Crippen LogP contribution in [0.1, 0.15) is 13.8 Å². The summed E-state index contributed by atoms with van der Waals surface area (Å²) in [5.74, 6) is 10.2. The summed E-state index contributed by atoms with van der Waals surface area (Å²) in [6, 6.07) is 0. The van der Waals surface area contributed by atoms with Crippen LogP contribution in [-0.2, 0) is 4.74 Å². The maximum Gasteiger partial charge on any atom is 0.220 e. The van der Waals surface area contributed by atoms with E-state index in [0.717, 1.165) is 0 Å². The molecule has 0 fully saturated rings. The normalized spacial score (nSPS) is 10.3. The first-order valence-corrected chi connectivity index (χ1v) is 2.92. The molecule has 1 unspecified atom stereocenters. The lowest BCUT2D eigenvalue weighted by molar-refractivity contribution is -0.0428. The Kier molecular flexibility index (Phi) is 5.57. The molecule has 0 radical (unpaired) electrons. The monoisotopic (exact) mass is 138 g/mol. The van der Waals surface area contributed by atoms with Crippen LogP contribution in [0, 0.1) is 23.7 Å². The van der Waals surface area contributed by atoms with Gasteiger partial charge in [-0.15, -0.1) is 11.8 Å².